The van der Waals surface area contributed by atoms with Gasteiger partial charge in [0.05, 0.1) is 5.69 Å². The number of hydrogen-bond acceptors (Lipinski definition) is 5. The number of aromatic amines is 2. The normalized spacial score (nSPS) is 21.7. The molecule has 9 heteroatoms. The molecule has 2 aromatic rings. The van der Waals surface area contributed by atoms with E-state index in [2.05, 4.69) is 35.9 Å². The molecule has 162 valence electrons. The molecule has 30 heavy (non-hydrogen) atoms. The zero-order valence-electron chi connectivity index (χ0n) is 17.7. The number of nitrogens with zero attached hydrogens (tertiary/aromatic N) is 3. The van der Waals surface area contributed by atoms with E-state index in [1.165, 1.54) is 12.8 Å². The van der Waals surface area contributed by atoms with E-state index in [-0.39, 0.29) is 23.9 Å². The van der Waals surface area contributed by atoms with Gasteiger partial charge in [-0.05, 0) is 51.5 Å². The molecule has 0 spiro atoms. The molecule has 0 bridgehead atoms. The fraction of sp³-hybridized carbons (Fsp3) is 0.619. The first kappa shape index (κ1) is 20.6. The topological polar surface area (TPSA) is 119 Å². The number of carbonyl (C=O) groups excluding carboxylic acids is 2. The van der Waals surface area contributed by atoms with Crippen LogP contribution in [-0.2, 0) is 11.3 Å². The van der Waals surface area contributed by atoms with Gasteiger partial charge in [0.1, 0.15) is 5.69 Å². The quantitative estimate of drug-likeness (QED) is 0.496. The van der Waals surface area contributed by atoms with Crippen LogP contribution in [0.4, 0.5) is 0 Å². The van der Waals surface area contributed by atoms with E-state index in [1.54, 1.807) is 12.3 Å². The molecule has 4 rings (SSSR count). The molecule has 1 saturated heterocycles. The molecule has 2 atom stereocenters. The number of rotatable bonds is 9. The second kappa shape index (κ2) is 8.99. The molecule has 4 N–H and O–H groups in total. The molecular weight excluding hydrogens is 382 g/mol. The van der Waals surface area contributed by atoms with Gasteiger partial charge in [0.25, 0.3) is 5.91 Å². The highest BCUT2D eigenvalue weighted by molar-refractivity contribution is 5.92. The molecule has 0 aromatic carbocycles. The van der Waals surface area contributed by atoms with Crippen molar-refractivity contribution >= 4 is 11.8 Å². The summed E-state index contributed by atoms with van der Waals surface area (Å²) < 4.78 is 0. The molecule has 1 aliphatic heterocycles. The van der Waals surface area contributed by atoms with Gasteiger partial charge in [0.15, 0.2) is 0 Å². The number of nitrogens with one attached hydrogen (secondary N) is 4. The van der Waals surface area contributed by atoms with Crippen LogP contribution in [0.5, 0.6) is 0 Å². The van der Waals surface area contributed by atoms with Gasteiger partial charge in [-0.3, -0.25) is 24.7 Å². The van der Waals surface area contributed by atoms with E-state index in [9.17, 15) is 9.59 Å². The Morgan fingerprint density at radius 3 is 2.60 bits per heavy atom. The van der Waals surface area contributed by atoms with E-state index >= 15 is 0 Å². The van der Waals surface area contributed by atoms with Crippen LogP contribution in [0.2, 0.25) is 0 Å². The summed E-state index contributed by atoms with van der Waals surface area (Å²) in [7, 11) is 0. The minimum absolute atomic E-state index is 0.0722. The van der Waals surface area contributed by atoms with Crippen LogP contribution in [0.15, 0.2) is 12.3 Å². The average Bonchev–Trinajstić information content (AvgIpc) is 3.10. The average molecular weight is 414 g/mol. The van der Waals surface area contributed by atoms with Gasteiger partial charge in [-0.2, -0.15) is 10.2 Å². The predicted molar refractivity (Wildman–Crippen MR) is 112 cm³/mol. The summed E-state index contributed by atoms with van der Waals surface area (Å²) in [6.07, 6.45) is 6.57. The first-order valence-electron chi connectivity index (χ1n) is 10.8. The molecule has 1 saturated carbocycles. The summed E-state index contributed by atoms with van der Waals surface area (Å²) in [4.78, 5) is 27.3. The fourth-order valence-electron chi connectivity index (χ4n) is 4.35. The van der Waals surface area contributed by atoms with Crippen LogP contribution in [0.25, 0.3) is 0 Å². The van der Waals surface area contributed by atoms with Gasteiger partial charge in [-0.1, -0.05) is 0 Å². The molecule has 3 heterocycles. The van der Waals surface area contributed by atoms with Crippen molar-refractivity contribution in [1.82, 2.24) is 35.9 Å². The molecule has 0 unspecified atom stereocenters. The standard InChI is InChI=1S/C21H31N7O2/c1-13-18(14(2)26-25-13)11-22-20(29)9-16-5-6-17(28(16)12-15-3-4-15)10-23-21(30)19-7-8-24-27-19/h7-8,15-17H,3-6,9-12H2,1-2H3,(H,22,29)(H,23,30)(H,24,27)(H,25,26)/t16-,17+/m1/s1. The smallest absolute Gasteiger partial charge is 0.269 e. The van der Waals surface area contributed by atoms with Crippen molar-refractivity contribution in [2.45, 2.75) is 64.6 Å². The number of amides is 2. The van der Waals surface area contributed by atoms with E-state index in [4.69, 9.17) is 0 Å². The highest BCUT2D eigenvalue weighted by atomic mass is 16.2. The molecule has 0 radical (unpaired) electrons. The van der Waals surface area contributed by atoms with E-state index < -0.39 is 0 Å². The maximum Gasteiger partial charge on any atom is 0.269 e. The van der Waals surface area contributed by atoms with Crippen molar-refractivity contribution in [3.8, 4) is 0 Å². The van der Waals surface area contributed by atoms with Crippen LogP contribution in [0.1, 0.15) is 59.5 Å². The Labute approximate surface area is 176 Å². The van der Waals surface area contributed by atoms with Crippen LogP contribution < -0.4 is 10.6 Å². The monoisotopic (exact) mass is 413 g/mol. The predicted octanol–water partition coefficient (Wildman–Crippen LogP) is 1.43. The van der Waals surface area contributed by atoms with Crippen molar-refractivity contribution < 1.29 is 9.59 Å². The van der Waals surface area contributed by atoms with Crippen molar-refractivity contribution in [2.75, 3.05) is 13.1 Å². The third-order valence-electron chi connectivity index (χ3n) is 6.34. The largest absolute Gasteiger partial charge is 0.352 e. The third kappa shape index (κ3) is 4.89. The van der Waals surface area contributed by atoms with Gasteiger partial charge >= 0.3 is 0 Å². The summed E-state index contributed by atoms with van der Waals surface area (Å²) in [6.45, 7) is 6.03. The van der Waals surface area contributed by atoms with Gasteiger partial charge in [-0.25, -0.2) is 0 Å². The Balaban J connectivity index is 1.30. The van der Waals surface area contributed by atoms with Crippen LogP contribution in [0, 0.1) is 19.8 Å². The number of hydrogen-bond donors (Lipinski definition) is 4. The second-order valence-corrected chi connectivity index (χ2v) is 8.60. The lowest BCUT2D eigenvalue weighted by Crippen LogP contribution is -2.45. The van der Waals surface area contributed by atoms with E-state index in [0.717, 1.165) is 42.3 Å². The Bertz CT molecular complexity index is 853. The van der Waals surface area contributed by atoms with Crippen molar-refractivity contribution in [2.24, 2.45) is 5.92 Å². The minimum Gasteiger partial charge on any atom is -0.352 e. The lowest BCUT2D eigenvalue weighted by molar-refractivity contribution is -0.122. The van der Waals surface area contributed by atoms with Gasteiger partial charge in [-0.15, -0.1) is 0 Å². The van der Waals surface area contributed by atoms with E-state index in [1.807, 2.05) is 13.8 Å². The highest BCUT2D eigenvalue weighted by Gasteiger charge is 2.38. The molecule has 2 amide bonds. The number of aromatic nitrogens is 4. The van der Waals surface area contributed by atoms with Crippen molar-refractivity contribution in [1.29, 1.82) is 0 Å². The molecule has 1 aliphatic carbocycles. The number of likely N-dealkylation sites (tertiary alicyclic amines) is 1. The Hall–Kier alpha value is -2.68. The molecule has 2 fully saturated rings. The van der Waals surface area contributed by atoms with Crippen LogP contribution in [-0.4, -0.2) is 62.3 Å². The SMILES string of the molecule is Cc1n[nH]c(C)c1CNC(=O)C[C@H]1CC[C@@H](CNC(=O)c2ccn[nH]2)N1CC1CC1. The Kier molecular flexibility index (Phi) is 6.17. The minimum atomic E-state index is -0.133. The van der Waals surface area contributed by atoms with Crippen molar-refractivity contribution in [3.05, 3.63) is 34.9 Å². The Morgan fingerprint density at radius 1 is 1.13 bits per heavy atom. The maximum atomic E-state index is 12.6. The second-order valence-electron chi connectivity index (χ2n) is 8.60. The number of carbonyl (C=O) groups is 2. The maximum absolute atomic E-state index is 12.6. The summed E-state index contributed by atoms with van der Waals surface area (Å²) >= 11 is 0. The summed E-state index contributed by atoms with van der Waals surface area (Å²) in [5, 5.41) is 19.8. The van der Waals surface area contributed by atoms with Crippen LogP contribution in [0.3, 0.4) is 0 Å². The number of aryl methyl sites for hydroxylation is 2. The highest BCUT2D eigenvalue weighted by Crippen LogP contribution is 2.35. The first-order chi connectivity index (χ1) is 14.5. The van der Waals surface area contributed by atoms with Gasteiger partial charge in [0.2, 0.25) is 5.91 Å². The number of H-pyrrole nitrogens is 2. The molecule has 9 nitrogen and oxygen atoms in total. The van der Waals surface area contributed by atoms with Gasteiger partial charge < -0.3 is 10.6 Å². The lowest BCUT2D eigenvalue weighted by atomic mass is 10.1. The summed E-state index contributed by atoms with van der Waals surface area (Å²) in [5.74, 6) is 0.671. The van der Waals surface area contributed by atoms with Crippen LogP contribution >= 0.6 is 0 Å². The zero-order chi connectivity index (χ0) is 21.1. The van der Waals surface area contributed by atoms with E-state index in [0.29, 0.717) is 25.2 Å². The molecule has 2 aromatic heterocycles. The lowest BCUT2D eigenvalue weighted by Gasteiger charge is -2.30. The third-order valence-corrected chi connectivity index (χ3v) is 6.34. The molecular formula is C21H31N7O2. The molecule has 2 aliphatic rings. The fourth-order valence-corrected chi connectivity index (χ4v) is 4.35. The Morgan fingerprint density at radius 2 is 1.93 bits per heavy atom. The summed E-state index contributed by atoms with van der Waals surface area (Å²) in [5.41, 5.74) is 3.46. The van der Waals surface area contributed by atoms with Crippen molar-refractivity contribution in [3.63, 3.8) is 0 Å². The first-order valence-corrected chi connectivity index (χ1v) is 10.8. The zero-order valence-corrected chi connectivity index (χ0v) is 17.7. The van der Waals surface area contributed by atoms with Gasteiger partial charge in [0, 0.05) is 55.6 Å². The summed E-state index contributed by atoms with van der Waals surface area (Å²) in [6, 6.07) is 2.17.